The van der Waals surface area contributed by atoms with Gasteiger partial charge in [-0.15, -0.1) is 11.3 Å². The lowest BCUT2D eigenvalue weighted by Gasteiger charge is -2.03. The van der Waals surface area contributed by atoms with Crippen molar-refractivity contribution in [2.24, 2.45) is 0 Å². The fourth-order valence-electron chi connectivity index (χ4n) is 1.73. The van der Waals surface area contributed by atoms with Crippen LogP contribution >= 0.6 is 11.3 Å². The molecular formula is C14H19NO2S. The van der Waals surface area contributed by atoms with E-state index < -0.39 is 0 Å². The monoisotopic (exact) mass is 265 g/mol. The van der Waals surface area contributed by atoms with Gasteiger partial charge in [-0.1, -0.05) is 13.3 Å². The smallest absolute Gasteiger partial charge is 0.120 e. The van der Waals surface area contributed by atoms with E-state index in [4.69, 9.17) is 9.84 Å². The van der Waals surface area contributed by atoms with Crippen molar-refractivity contribution in [2.75, 3.05) is 13.2 Å². The summed E-state index contributed by atoms with van der Waals surface area (Å²) in [5, 5.41) is 9.92. The molecule has 4 heteroatoms. The highest BCUT2D eigenvalue weighted by Crippen LogP contribution is 2.27. The van der Waals surface area contributed by atoms with Crippen LogP contribution in [-0.4, -0.2) is 23.3 Å². The molecule has 18 heavy (non-hydrogen) atoms. The van der Waals surface area contributed by atoms with Crippen LogP contribution in [0.15, 0.2) is 18.2 Å². The van der Waals surface area contributed by atoms with Gasteiger partial charge >= 0.3 is 0 Å². The zero-order valence-corrected chi connectivity index (χ0v) is 11.5. The summed E-state index contributed by atoms with van der Waals surface area (Å²) in [5.74, 6) is 0.863. The van der Waals surface area contributed by atoms with Gasteiger partial charge in [-0.25, -0.2) is 4.98 Å². The second kappa shape index (κ2) is 6.71. The number of aromatic nitrogens is 1. The normalized spacial score (nSPS) is 11.0. The fraction of sp³-hybridized carbons (Fsp3) is 0.500. The maximum Gasteiger partial charge on any atom is 0.120 e. The fourth-order valence-corrected chi connectivity index (χ4v) is 2.77. The molecule has 0 saturated carbocycles. The van der Waals surface area contributed by atoms with Gasteiger partial charge in [0.1, 0.15) is 5.75 Å². The standard InChI is InChI=1S/C14H19NO2S/c1-2-3-5-14-15-12-7-6-11(10-13(12)18-14)17-9-4-8-16/h6-7,10,16H,2-5,8-9H2,1H3. The van der Waals surface area contributed by atoms with Gasteiger partial charge in [-0.05, 0) is 31.0 Å². The summed E-state index contributed by atoms with van der Waals surface area (Å²) in [5.41, 5.74) is 1.06. The van der Waals surface area contributed by atoms with Crippen LogP contribution in [0.5, 0.6) is 5.75 Å². The van der Waals surface area contributed by atoms with Crippen molar-refractivity contribution in [3.05, 3.63) is 23.2 Å². The first kappa shape index (κ1) is 13.3. The number of unbranched alkanes of at least 4 members (excludes halogenated alkanes) is 1. The Labute approximate surface area is 111 Å². The molecule has 2 rings (SSSR count). The summed E-state index contributed by atoms with van der Waals surface area (Å²) in [6, 6.07) is 6.00. The van der Waals surface area contributed by atoms with E-state index in [-0.39, 0.29) is 6.61 Å². The van der Waals surface area contributed by atoms with Crippen molar-refractivity contribution in [3.63, 3.8) is 0 Å². The molecule has 0 atom stereocenters. The van der Waals surface area contributed by atoms with Crippen molar-refractivity contribution in [2.45, 2.75) is 32.6 Å². The number of hydrogen-bond donors (Lipinski definition) is 1. The van der Waals surface area contributed by atoms with Crippen LogP contribution in [0.3, 0.4) is 0 Å². The first-order valence-corrected chi connectivity index (χ1v) is 7.28. The highest BCUT2D eigenvalue weighted by molar-refractivity contribution is 7.18. The molecule has 0 fully saturated rings. The Morgan fingerprint density at radius 1 is 1.33 bits per heavy atom. The van der Waals surface area contributed by atoms with Crippen LogP contribution in [0.25, 0.3) is 10.2 Å². The van der Waals surface area contributed by atoms with Gasteiger partial charge in [-0.3, -0.25) is 0 Å². The topological polar surface area (TPSA) is 42.4 Å². The van der Waals surface area contributed by atoms with Crippen LogP contribution in [0.2, 0.25) is 0 Å². The van der Waals surface area contributed by atoms with Crippen LogP contribution in [0.1, 0.15) is 31.2 Å². The predicted molar refractivity (Wildman–Crippen MR) is 75.4 cm³/mol. The number of rotatable bonds is 7. The molecule has 0 radical (unpaired) electrons. The van der Waals surface area contributed by atoms with Gasteiger partial charge in [0.25, 0.3) is 0 Å². The zero-order valence-electron chi connectivity index (χ0n) is 10.7. The average molecular weight is 265 g/mol. The Bertz CT molecular complexity index is 495. The van der Waals surface area contributed by atoms with Gasteiger partial charge in [0, 0.05) is 13.0 Å². The predicted octanol–water partition coefficient (Wildman–Crippen LogP) is 3.40. The summed E-state index contributed by atoms with van der Waals surface area (Å²) in [6.07, 6.45) is 4.13. The summed E-state index contributed by atoms with van der Waals surface area (Å²) in [6.45, 7) is 2.92. The van der Waals surface area contributed by atoms with Gasteiger partial charge in [-0.2, -0.15) is 0 Å². The third-order valence-electron chi connectivity index (χ3n) is 2.72. The minimum atomic E-state index is 0.171. The molecule has 1 aromatic heterocycles. The van der Waals surface area contributed by atoms with Gasteiger partial charge in [0.15, 0.2) is 0 Å². The van der Waals surface area contributed by atoms with E-state index in [1.807, 2.05) is 18.2 Å². The Morgan fingerprint density at radius 2 is 2.22 bits per heavy atom. The van der Waals surface area contributed by atoms with Crippen molar-refractivity contribution in [3.8, 4) is 5.75 Å². The molecule has 0 spiro atoms. The number of hydrogen-bond acceptors (Lipinski definition) is 4. The molecule has 1 N–H and O–H groups in total. The average Bonchev–Trinajstić information content (AvgIpc) is 2.78. The SMILES string of the molecule is CCCCc1nc2ccc(OCCCO)cc2s1. The molecule has 1 heterocycles. The van der Waals surface area contributed by atoms with E-state index in [0.717, 1.165) is 17.7 Å². The lowest BCUT2D eigenvalue weighted by molar-refractivity contribution is 0.234. The van der Waals surface area contributed by atoms with Gasteiger partial charge in [0.2, 0.25) is 0 Å². The van der Waals surface area contributed by atoms with Crippen LogP contribution in [0, 0.1) is 0 Å². The molecule has 1 aromatic carbocycles. The van der Waals surface area contributed by atoms with Crippen LogP contribution in [0.4, 0.5) is 0 Å². The largest absolute Gasteiger partial charge is 0.493 e. The number of fused-ring (bicyclic) bond motifs is 1. The summed E-state index contributed by atoms with van der Waals surface area (Å²) < 4.78 is 6.75. The summed E-state index contributed by atoms with van der Waals surface area (Å²) in [7, 11) is 0. The van der Waals surface area contributed by atoms with E-state index in [0.29, 0.717) is 13.0 Å². The van der Waals surface area contributed by atoms with E-state index in [9.17, 15) is 0 Å². The number of aliphatic hydroxyl groups excluding tert-OH is 1. The number of aliphatic hydroxyl groups is 1. The van der Waals surface area contributed by atoms with Crippen molar-refractivity contribution in [1.29, 1.82) is 0 Å². The maximum atomic E-state index is 8.71. The first-order valence-electron chi connectivity index (χ1n) is 6.46. The number of thiazole rings is 1. The molecular weight excluding hydrogens is 246 g/mol. The molecule has 0 unspecified atom stereocenters. The van der Waals surface area contributed by atoms with E-state index >= 15 is 0 Å². The van der Waals surface area contributed by atoms with Crippen molar-refractivity contribution < 1.29 is 9.84 Å². The number of aryl methyl sites for hydroxylation is 1. The molecule has 0 aliphatic carbocycles. The lowest BCUT2D eigenvalue weighted by atomic mass is 10.2. The zero-order chi connectivity index (χ0) is 12.8. The van der Waals surface area contributed by atoms with Crippen LogP contribution < -0.4 is 4.74 Å². The number of nitrogens with zero attached hydrogens (tertiary/aromatic N) is 1. The van der Waals surface area contributed by atoms with E-state index in [2.05, 4.69) is 11.9 Å². The van der Waals surface area contributed by atoms with E-state index in [1.54, 1.807) is 11.3 Å². The summed E-state index contributed by atoms with van der Waals surface area (Å²) in [4.78, 5) is 4.61. The second-order valence-electron chi connectivity index (χ2n) is 4.27. The molecule has 0 amide bonds. The molecule has 3 nitrogen and oxygen atoms in total. The summed E-state index contributed by atoms with van der Waals surface area (Å²) >= 11 is 1.75. The number of ether oxygens (including phenoxy) is 1. The van der Waals surface area contributed by atoms with Crippen molar-refractivity contribution in [1.82, 2.24) is 4.98 Å². The third-order valence-corrected chi connectivity index (χ3v) is 3.80. The quantitative estimate of drug-likeness (QED) is 0.780. The van der Waals surface area contributed by atoms with Gasteiger partial charge < -0.3 is 9.84 Å². The molecule has 0 bridgehead atoms. The van der Waals surface area contributed by atoms with Crippen LogP contribution in [-0.2, 0) is 6.42 Å². The Morgan fingerprint density at radius 3 is 3.00 bits per heavy atom. The first-order chi connectivity index (χ1) is 8.83. The Balaban J connectivity index is 2.07. The second-order valence-corrected chi connectivity index (χ2v) is 5.38. The minimum Gasteiger partial charge on any atom is -0.493 e. The lowest BCUT2D eigenvalue weighted by Crippen LogP contribution is -1.99. The molecule has 0 aliphatic rings. The molecule has 0 saturated heterocycles. The Kier molecular flexibility index (Phi) is 4.96. The number of benzene rings is 1. The molecule has 98 valence electrons. The Hall–Kier alpha value is -1.13. The highest BCUT2D eigenvalue weighted by atomic mass is 32.1. The molecule has 0 aliphatic heterocycles. The molecule has 2 aromatic rings. The third kappa shape index (κ3) is 3.43. The van der Waals surface area contributed by atoms with E-state index in [1.165, 1.54) is 22.5 Å². The van der Waals surface area contributed by atoms with Gasteiger partial charge in [0.05, 0.1) is 21.8 Å². The maximum absolute atomic E-state index is 8.71. The van der Waals surface area contributed by atoms with Crippen molar-refractivity contribution >= 4 is 21.6 Å². The minimum absolute atomic E-state index is 0.171. The highest BCUT2D eigenvalue weighted by Gasteiger charge is 2.05.